The van der Waals surface area contributed by atoms with Crippen molar-refractivity contribution in [3.8, 4) is 5.75 Å². The van der Waals surface area contributed by atoms with Gasteiger partial charge >= 0.3 is 5.97 Å². The molecule has 0 amide bonds. The van der Waals surface area contributed by atoms with E-state index in [1.165, 1.54) is 12.1 Å². The van der Waals surface area contributed by atoms with E-state index in [0.717, 1.165) is 6.20 Å². The summed E-state index contributed by atoms with van der Waals surface area (Å²) in [6, 6.07) is 6.22. The number of hydrogen-bond donors (Lipinski definition) is 2. The number of rotatable bonds is 7. The molecule has 0 bridgehead atoms. The maximum absolute atomic E-state index is 13.5. The predicted molar refractivity (Wildman–Crippen MR) is 83.7 cm³/mol. The van der Waals surface area contributed by atoms with Gasteiger partial charge in [-0.1, -0.05) is 6.07 Å². The van der Waals surface area contributed by atoms with Gasteiger partial charge in [0.2, 0.25) is 5.95 Å². The molecule has 8 heteroatoms. The number of nitrogens with one attached hydrogen (secondary N) is 1. The predicted octanol–water partition coefficient (Wildman–Crippen LogP) is 1.87. The number of ether oxygens (including phenoxy) is 1. The highest BCUT2D eigenvalue weighted by Crippen LogP contribution is 2.15. The van der Waals surface area contributed by atoms with E-state index >= 15 is 0 Å². The third-order valence-corrected chi connectivity index (χ3v) is 2.88. The fraction of sp³-hybridized carbons (Fsp3) is 0.267. The molecule has 0 unspecified atom stereocenters. The standard InChI is InChI=1S/C15H17FN4O3/c1-20(2)13-12(16)9-18-15(19-13)17-6-7-23-11-5-3-4-10(8-11)14(21)22/h3-5,8-9H,6-7H2,1-2H3,(H,21,22)(H,17,18,19). The number of aromatic carboxylic acids is 1. The van der Waals surface area contributed by atoms with Crippen LogP contribution < -0.4 is 15.0 Å². The second kappa shape index (κ2) is 7.39. The molecule has 1 aromatic carbocycles. The van der Waals surface area contributed by atoms with Gasteiger partial charge in [0.15, 0.2) is 11.6 Å². The summed E-state index contributed by atoms with van der Waals surface area (Å²) in [5.74, 6) is -0.567. The molecule has 0 aliphatic rings. The Labute approximate surface area is 132 Å². The molecule has 2 N–H and O–H groups in total. The molecule has 0 atom stereocenters. The first-order valence-corrected chi connectivity index (χ1v) is 6.87. The summed E-state index contributed by atoms with van der Waals surface area (Å²) in [5, 5.41) is 11.8. The minimum atomic E-state index is -1.01. The molecule has 7 nitrogen and oxygen atoms in total. The highest BCUT2D eigenvalue weighted by Gasteiger charge is 2.08. The number of carboxylic acid groups (broad SMARTS) is 1. The second-order valence-electron chi connectivity index (χ2n) is 4.87. The van der Waals surface area contributed by atoms with Gasteiger partial charge in [-0.3, -0.25) is 0 Å². The quantitative estimate of drug-likeness (QED) is 0.753. The second-order valence-corrected chi connectivity index (χ2v) is 4.87. The molecule has 2 rings (SSSR count). The lowest BCUT2D eigenvalue weighted by Crippen LogP contribution is -2.17. The number of hydrogen-bond acceptors (Lipinski definition) is 6. The zero-order chi connectivity index (χ0) is 16.8. The van der Waals surface area contributed by atoms with E-state index in [-0.39, 0.29) is 23.9 Å². The topological polar surface area (TPSA) is 87.6 Å². The van der Waals surface area contributed by atoms with Crippen molar-refractivity contribution in [3.05, 3.63) is 41.8 Å². The van der Waals surface area contributed by atoms with Crippen LogP contribution in [0.3, 0.4) is 0 Å². The van der Waals surface area contributed by atoms with E-state index in [4.69, 9.17) is 9.84 Å². The van der Waals surface area contributed by atoms with Gasteiger partial charge in [0, 0.05) is 14.1 Å². The van der Waals surface area contributed by atoms with Crippen LogP contribution in [0.1, 0.15) is 10.4 Å². The Kier molecular flexibility index (Phi) is 5.29. The monoisotopic (exact) mass is 320 g/mol. The zero-order valence-corrected chi connectivity index (χ0v) is 12.8. The highest BCUT2D eigenvalue weighted by atomic mass is 19.1. The van der Waals surface area contributed by atoms with Crippen LogP contribution in [-0.2, 0) is 0 Å². The Morgan fingerprint density at radius 1 is 1.43 bits per heavy atom. The van der Waals surface area contributed by atoms with E-state index < -0.39 is 11.8 Å². The summed E-state index contributed by atoms with van der Waals surface area (Å²) in [7, 11) is 3.38. The van der Waals surface area contributed by atoms with Gasteiger partial charge in [0.05, 0.1) is 18.3 Å². The molecule has 0 fully saturated rings. The molecule has 0 spiro atoms. The van der Waals surface area contributed by atoms with Crippen molar-refractivity contribution in [2.75, 3.05) is 37.5 Å². The number of benzene rings is 1. The van der Waals surface area contributed by atoms with Crippen molar-refractivity contribution in [1.82, 2.24) is 9.97 Å². The molecule has 0 saturated heterocycles. The van der Waals surface area contributed by atoms with Crippen molar-refractivity contribution >= 4 is 17.7 Å². The number of carboxylic acids is 1. The van der Waals surface area contributed by atoms with Crippen LogP contribution in [0.15, 0.2) is 30.5 Å². The number of carbonyl (C=O) groups is 1. The zero-order valence-electron chi connectivity index (χ0n) is 12.8. The molecule has 0 aliphatic heterocycles. The minimum absolute atomic E-state index is 0.160. The van der Waals surface area contributed by atoms with E-state index in [1.54, 1.807) is 31.1 Å². The Morgan fingerprint density at radius 2 is 2.22 bits per heavy atom. The highest BCUT2D eigenvalue weighted by molar-refractivity contribution is 5.87. The minimum Gasteiger partial charge on any atom is -0.492 e. The molecule has 1 aromatic heterocycles. The van der Waals surface area contributed by atoms with E-state index in [2.05, 4.69) is 15.3 Å². The number of halogens is 1. The summed E-state index contributed by atoms with van der Waals surface area (Å²) >= 11 is 0. The summed E-state index contributed by atoms with van der Waals surface area (Å²) in [6.07, 6.45) is 1.10. The summed E-state index contributed by atoms with van der Waals surface area (Å²) in [4.78, 5) is 20.3. The Bertz CT molecular complexity index is 694. The Balaban J connectivity index is 1.87. The van der Waals surface area contributed by atoms with Crippen molar-refractivity contribution in [2.45, 2.75) is 0 Å². The first kappa shape index (κ1) is 16.5. The van der Waals surface area contributed by atoms with E-state index in [1.807, 2.05) is 0 Å². The van der Waals surface area contributed by atoms with Crippen LogP contribution >= 0.6 is 0 Å². The lowest BCUT2D eigenvalue weighted by Gasteiger charge is -2.13. The molecule has 122 valence electrons. The van der Waals surface area contributed by atoms with Crippen molar-refractivity contribution < 1.29 is 19.0 Å². The van der Waals surface area contributed by atoms with Crippen LogP contribution in [0.5, 0.6) is 5.75 Å². The number of anilines is 2. The van der Waals surface area contributed by atoms with Gasteiger partial charge < -0.3 is 20.1 Å². The van der Waals surface area contributed by atoms with Gasteiger partial charge in [-0.2, -0.15) is 4.98 Å². The maximum Gasteiger partial charge on any atom is 0.335 e. The fourth-order valence-corrected chi connectivity index (χ4v) is 1.81. The van der Waals surface area contributed by atoms with Gasteiger partial charge in [0.1, 0.15) is 12.4 Å². The molecule has 0 radical (unpaired) electrons. The van der Waals surface area contributed by atoms with E-state index in [0.29, 0.717) is 12.3 Å². The van der Waals surface area contributed by atoms with E-state index in [9.17, 15) is 9.18 Å². The summed E-state index contributed by atoms with van der Waals surface area (Å²) in [6.45, 7) is 0.664. The summed E-state index contributed by atoms with van der Waals surface area (Å²) < 4.78 is 18.9. The molecule has 2 aromatic rings. The van der Waals surface area contributed by atoms with Crippen LogP contribution in [0.4, 0.5) is 16.2 Å². The average Bonchev–Trinajstić information content (AvgIpc) is 2.53. The van der Waals surface area contributed by atoms with Gasteiger partial charge in [-0.05, 0) is 18.2 Å². The molecule has 23 heavy (non-hydrogen) atoms. The lowest BCUT2D eigenvalue weighted by atomic mass is 10.2. The van der Waals surface area contributed by atoms with Crippen molar-refractivity contribution in [3.63, 3.8) is 0 Å². The smallest absolute Gasteiger partial charge is 0.335 e. The van der Waals surface area contributed by atoms with Gasteiger partial charge in [-0.25, -0.2) is 14.2 Å². The molecule has 0 saturated carbocycles. The molecular weight excluding hydrogens is 303 g/mol. The summed E-state index contributed by atoms with van der Waals surface area (Å²) in [5.41, 5.74) is 0.160. The first-order chi connectivity index (χ1) is 11.0. The van der Waals surface area contributed by atoms with Crippen LogP contribution in [0, 0.1) is 5.82 Å². The Morgan fingerprint density at radius 3 is 2.91 bits per heavy atom. The lowest BCUT2D eigenvalue weighted by molar-refractivity contribution is 0.0696. The van der Waals surface area contributed by atoms with Crippen LogP contribution in [0.25, 0.3) is 0 Å². The van der Waals surface area contributed by atoms with Gasteiger partial charge in [0.25, 0.3) is 0 Å². The van der Waals surface area contributed by atoms with Gasteiger partial charge in [-0.15, -0.1) is 0 Å². The Hall–Kier alpha value is -2.90. The molecule has 0 aliphatic carbocycles. The van der Waals surface area contributed by atoms with Crippen LogP contribution in [0.2, 0.25) is 0 Å². The third kappa shape index (κ3) is 4.53. The molecular formula is C15H17FN4O3. The fourth-order valence-electron chi connectivity index (χ4n) is 1.81. The normalized spacial score (nSPS) is 10.2. The number of aromatic nitrogens is 2. The van der Waals surface area contributed by atoms with Crippen molar-refractivity contribution in [1.29, 1.82) is 0 Å². The average molecular weight is 320 g/mol. The third-order valence-electron chi connectivity index (χ3n) is 2.88. The van der Waals surface area contributed by atoms with Crippen molar-refractivity contribution in [2.24, 2.45) is 0 Å². The SMILES string of the molecule is CN(C)c1nc(NCCOc2cccc(C(=O)O)c2)ncc1F. The number of nitrogens with zero attached hydrogens (tertiary/aromatic N) is 3. The molecule has 1 heterocycles. The maximum atomic E-state index is 13.5. The first-order valence-electron chi connectivity index (χ1n) is 6.87. The largest absolute Gasteiger partial charge is 0.492 e. The van der Waals surface area contributed by atoms with Crippen LogP contribution in [-0.4, -0.2) is 48.3 Å².